The molecular formula is C15H16N2OS. The molecule has 4 rings (SSSR count). The van der Waals surface area contributed by atoms with E-state index in [9.17, 15) is 4.79 Å². The molecule has 1 aliphatic heterocycles. The van der Waals surface area contributed by atoms with Crippen LogP contribution in [0.1, 0.15) is 28.9 Å². The van der Waals surface area contributed by atoms with Crippen molar-refractivity contribution in [1.29, 1.82) is 0 Å². The van der Waals surface area contributed by atoms with Crippen molar-refractivity contribution < 1.29 is 4.79 Å². The van der Waals surface area contributed by atoms with Gasteiger partial charge in [-0.15, -0.1) is 11.3 Å². The zero-order valence-electron chi connectivity index (χ0n) is 10.7. The first kappa shape index (κ1) is 11.4. The molecule has 3 heterocycles. The normalized spacial score (nSPS) is 26.0. The van der Waals surface area contributed by atoms with Crippen LogP contribution in [0.5, 0.6) is 0 Å². The summed E-state index contributed by atoms with van der Waals surface area (Å²) in [5, 5.41) is 1.08. The molecule has 0 unspecified atom stereocenters. The molecule has 2 atom stereocenters. The summed E-state index contributed by atoms with van der Waals surface area (Å²) in [6.45, 7) is 1.94. The van der Waals surface area contributed by atoms with Crippen molar-refractivity contribution >= 4 is 27.3 Å². The summed E-state index contributed by atoms with van der Waals surface area (Å²) in [7, 11) is 0. The Morgan fingerprint density at radius 2 is 2.11 bits per heavy atom. The highest BCUT2D eigenvalue weighted by Crippen LogP contribution is 2.38. The van der Waals surface area contributed by atoms with E-state index in [0.29, 0.717) is 0 Å². The predicted molar refractivity (Wildman–Crippen MR) is 76.4 cm³/mol. The van der Waals surface area contributed by atoms with Crippen LogP contribution in [0, 0.1) is 11.8 Å². The van der Waals surface area contributed by atoms with E-state index in [1.807, 2.05) is 18.3 Å². The van der Waals surface area contributed by atoms with E-state index >= 15 is 0 Å². The molecule has 19 heavy (non-hydrogen) atoms. The molecule has 0 spiro atoms. The third-order valence-electron chi connectivity index (χ3n) is 4.54. The lowest BCUT2D eigenvalue weighted by atomic mass is 10.0. The quantitative estimate of drug-likeness (QED) is 0.799. The smallest absolute Gasteiger partial charge is 0.263 e. The number of thiophene rings is 1. The highest BCUT2D eigenvalue weighted by Gasteiger charge is 2.38. The maximum absolute atomic E-state index is 12.6. The Morgan fingerprint density at radius 1 is 1.32 bits per heavy atom. The number of pyridine rings is 1. The molecule has 2 aromatic heterocycles. The minimum Gasteiger partial charge on any atom is -0.337 e. The Balaban J connectivity index is 1.60. The van der Waals surface area contributed by atoms with E-state index < -0.39 is 0 Å². The van der Waals surface area contributed by atoms with Crippen LogP contribution in [-0.2, 0) is 0 Å². The van der Waals surface area contributed by atoms with Crippen molar-refractivity contribution in [2.75, 3.05) is 13.1 Å². The van der Waals surface area contributed by atoms with Crippen molar-refractivity contribution in [1.82, 2.24) is 9.88 Å². The number of rotatable bonds is 1. The van der Waals surface area contributed by atoms with Crippen LogP contribution >= 0.6 is 11.3 Å². The third kappa shape index (κ3) is 1.86. The van der Waals surface area contributed by atoms with Crippen molar-refractivity contribution in [3.05, 3.63) is 29.4 Å². The molecule has 1 saturated heterocycles. The zero-order valence-corrected chi connectivity index (χ0v) is 11.5. The minimum absolute atomic E-state index is 0.218. The number of hydrogen-bond acceptors (Lipinski definition) is 3. The molecule has 2 fully saturated rings. The van der Waals surface area contributed by atoms with Gasteiger partial charge in [0, 0.05) is 35.6 Å². The van der Waals surface area contributed by atoms with Crippen LogP contribution in [0.2, 0.25) is 0 Å². The van der Waals surface area contributed by atoms with Gasteiger partial charge in [-0.2, -0.15) is 0 Å². The Morgan fingerprint density at radius 3 is 2.84 bits per heavy atom. The fourth-order valence-corrected chi connectivity index (χ4v) is 4.54. The number of likely N-dealkylation sites (tertiary alicyclic amines) is 1. The van der Waals surface area contributed by atoms with Gasteiger partial charge in [-0.25, -0.2) is 0 Å². The largest absolute Gasteiger partial charge is 0.337 e. The maximum Gasteiger partial charge on any atom is 0.263 e. The Bertz CT molecular complexity index is 591. The van der Waals surface area contributed by atoms with Crippen molar-refractivity contribution in [3.8, 4) is 0 Å². The molecule has 0 aromatic carbocycles. The average Bonchev–Trinajstić information content (AvgIpc) is 3.10. The van der Waals surface area contributed by atoms with Gasteiger partial charge < -0.3 is 4.90 Å². The summed E-state index contributed by atoms with van der Waals surface area (Å²) in [5.74, 6) is 1.75. The van der Waals surface area contributed by atoms with Crippen LogP contribution < -0.4 is 0 Å². The number of carbonyl (C=O) groups excluding carboxylic acids is 1. The molecule has 98 valence electrons. The summed E-state index contributed by atoms with van der Waals surface area (Å²) in [6.07, 6.45) is 7.59. The topological polar surface area (TPSA) is 33.2 Å². The molecule has 3 nitrogen and oxygen atoms in total. The highest BCUT2D eigenvalue weighted by atomic mass is 32.1. The lowest BCUT2D eigenvalue weighted by Crippen LogP contribution is -2.28. The second-order valence-electron chi connectivity index (χ2n) is 5.69. The van der Waals surface area contributed by atoms with E-state index in [4.69, 9.17) is 0 Å². The average molecular weight is 272 g/mol. The standard InChI is InChI=1S/C15H16N2OS/c18-15(17-8-10-2-1-3-11(10)9-17)14-6-12-7-16-5-4-13(12)19-14/h4-7,10-11H,1-3,8-9H2/t10-,11+. The van der Waals surface area contributed by atoms with Crippen LogP contribution in [-0.4, -0.2) is 28.9 Å². The molecule has 1 aliphatic carbocycles. The van der Waals surface area contributed by atoms with E-state index in [0.717, 1.165) is 39.9 Å². The molecular weight excluding hydrogens is 256 g/mol. The summed E-state index contributed by atoms with van der Waals surface area (Å²) in [5.41, 5.74) is 0. The van der Waals surface area contributed by atoms with E-state index in [1.165, 1.54) is 19.3 Å². The minimum atomic E-state index is 0.218. The Kier molecular flexibility index (Phi) is 2.58. The second kappa shape index (κ2) is 4.30. The fourth-order valence-electron chi connectivity index (χ4n) is 3.55. The highest BCUT2D eigenvalue weighted by molar-refractivity contribution is 7.20. The second-order valence-corrected chi connectivity index (χ2v) is 6.77. The van der Waals surface area contributed by atoms with Gasteiger partial charge in [-0.05, 0) is 36.8 Å². The fraction of sp³-hybridized carbons (Fsp3) is 0.467. The molecule has 0 bridgehead atoms. The van der Waals surface area contributed by atoms with Gasteiger partial charge in [0.1, 0.15) is 0 Å². The lowest BCUT2D eigenvalue weighted by Gasteiger charge is -2.15. The molecule has 1 saturated carbocycles. The Labute approximate surface area is 116 Å². The molecule has 2 aromatic rings. The van der Waals surface area contributed by atoms with Crippen LogP contribution in [0.15, 0.2) is 24.5 Å². The number of fused-ring (bicyclic) bond motifs is 2. The first-order valence-corrected chi connectivity index (χ1v) is 7.76. The number of nitrogens with zero attached hydrogens (tertiary/aromatic N) is 2. The van der Waals surface area contributed by atoms with Gasteiger partial charge in [0.2, 0.25) is 0 Å². The van der Waals surface area contributed by atoms with Gasteiger partial charge in [0.25, 0.3) is 5.91 Å². The van der Waals surface area contributed by atoms with Crippen molar-refractivity contribution in [2.45, 2.75) is 19.3 Å². The van der Waals surface area contributed by atoms with Crippen molar-refractivity contribution in [3.63, 3.8) is 0 Å². The first-order chi connectivity index (χ1) is 9.31. The first-order valence-electron chi connectivity index (χ1n) is 6.94. The maximum atomic E-state index is 12.6. The van der Waals surface area contributed by atoms with Crippen LogP contribution in [0.4, 0.5) is 0 Å². The monoisotopic (exact) mass is 272 g/mol. The van der Waals surface area contributed by atoms with Gasteiger partial charge >= 0.3 is 0 Å². The molecule has 0 radical (unpaired) electrons. The Hall–Kier alpha value is -1.42. The van der Waals surface area contributed by atoms with E-state index in [1.54, 1.807) is 17.5 Å². The summed E-state index contributed by atoms with van der Waals surface area (Å²) in [4.78, 5) is 19.6. The molecule has 0 N–H and O–H groups in total. The molecule has 1 amide bonds. The van der Waals surface area contributed by atoms with E-state index in [2.05, 4.69) is 9.88 Å². The summed E-state index contributed by atoms with van der Waals surface area (Å²) in [6, 6.07) is 3.97. The zero-order chi connectivity index (χ0) is 12.8. The number of carbonyl (C=O) groups is 1. The van der Waals surface area contributed by atoms with Crippen LogP contribution in [0.3, 0.4) is 0 Å². The number of hydrogen-bond donors (Lipinski definition) is 0. The summed E-state index contributed by atoms with van der Waals surface area (Å²) < 4.78 is 1.15. The van der Waals surface area contributed by atoms with Gasteiger partial charge in [0.05, 0.1) is 4.88 Å². The summed E-state index contributed by atoms with van der Waals surface area (Å²) >= 11 is 1.59. The molecule has 4 heteroatoms. The molecule has 2 aliphatic rings. The predicted octanol–water partition coefficient (Wildman–Crippen LogP) is 3.17. The number of amides is 1. The van der Waals surface area contributed by atoms with Crippen LogP contribution in [0.25, 0.3) is 10.1 Å². The van der Waals surface area contributed by atoms with E-state index in [-0.39, 0.29) is 5.91 Å². The number of aromatic nitrogens is 1. The third-order valence-corrected chi connectivity index (χ3v) is 5.64. The van der Waals surface area contributed by atoms with Gasteiger partial charge in [0.15, 0.2) is 0 Å². The SMILES string of the molecule is O=C(c1cc2cnccc2s1)N1C[C@H]2CCC[C@H]2C1. The van der Waals surface area contributed by atoms with Gasteiger partial charge in [-0.3, -0.25) is 9.78 Å². The van der Waals surface area contributed by atoms with Crippen molar-refractivity contribution in [2.24, 2.45) is 11.8 Å². The van der Waals surface area contributed by atoms with Gasteiger partial charge in [-0.1, -0.05) is 6.42 Å². The lowest BCUT2D eigenvalue weighted by molar-refractivity contribution is 0.0785.